The monoisotopic (exact) mass is 412 g/mol. The molecule has 1 N–H and O–H groups in total. The number of nitrogens with zero attached hydrogens (tertiary/aromatic N) is 2. The summed E-state index contributed by atoms with van der Waals surface area (Å²) >= 11 is 0. The van der Waals surface area contributed by atoms with Crippen molar-refractivity contribution in [2.45, 2.75) is 85.0 Å². The van der Waals surface area contributed by atoms with Crippen LogP contribution in [0.2, 0.25) is 0 Å². The van der Waals surface area contributed by atoms with Gasteiger partial charge < -0.3 is 5.11 Å². The van der Waals surface area contributed by atoms with Crippen LogP contribution in [0.1, 0.15) is 79.0 Å². The second-order valence-corrected chi connectivity index (χ2v) is 9.46. The predicted octanol–water partition coefficient (Wildman–Crippen LogP) is 6.23. The number of pyridine rings is 1. The Morgan fingerprint density at radius 3 is 2.25 bits per heavy atom. The van der Waals surface area contributed by atoms with Gasteiger partial charge in [-0.15, -0.1) is 0 Å². The topological polar surface area (TPSA) is 45.5 Å². The van der Waals surface area contributed by atoms with Gasteiger partial charge in [-0.2, -0.15) is 8.78 Å². The van der Waals surface area contributed by atoms with E-state index in [1.807, 2.05) is 6.92 Å². The summed E-state index contributed by atoms with van der Waals surface area (Å²) in [5, 5.41) is 10.0. The molecule has 0 spiro atoms. The van der Waals surface area contributed by atoms with Crippen molar-refractivity contribution in [1.82, 2.24) is 4.98 Å². The number of hydrogen-bond donors (Lipinski definition) is 1. The maximum absolute atomic E-state index is 14.2. The van der Waals surface area contributed by atoms with Crippen LogP contribution >= 0.6 is 9.24 Å². The Morgan fingerprint density at radius 1 is 1.25 bits per heavy atom. The average molecular weight is 413 g/mol. The van der Waals surface area contributed by atoms with Crippen LogP contribution in [0.3, 0.4) is 0 Å². The molecule has 0 amide bonds. The maximum Gasteiger partial charge on any atom is 0.299 e. The zero-order valence-electron chi connectivity index (χ0n) is 18.2. The van der Waals surface area contributed by atoms with E-state index in [0.29, 0.717) is 17.7 Å². The molecule has 3 nitrogen and oxygen atoms in total. The van der Waals surface area contributed by atoms with Crippen molar-refractivity contribution >= 4 is 20.5 Å². The number of halogens is 2. The second-order valence-electron chi connectivity index (χ2n) is 8.74. The Balaban J connectivity index is 3.23. The zero-order valence-corrected chi connectivity index (χ0v) is 19.3. The van der Waals surface area contributed by atoms with Crippen LogP contribution in [0.5, 0.6) is 0 Å². The quantitative estimate of drug-likeness (QED) is 0.386. The van der Waals surface area contributed by atoms with Crippen LogP contribution in [0.25, 0.3) is 5.57 Å². The summed E-state index contributed by atoms with van der Waals surface area (Å²) in [6.07, 6.45) is 5.48. The molecule has 0 saturated heterocycles. The Hall–Kier alpha value is -1.19. The van der Waals surface area contributed by atoms with Gasteiger partial charge in [0.1, 0.15) is 11.3 Å². The molecule has 0 radical (unpaired) electrons. The van der Waals surface area contributed by atoms with E-state index in [9.17, 15) is 13.9 Å². The van der Waals surface area contributed by atoms with Gasteiger partial charge in [-0.25, -0.2) is 0 Å². The summed E-state index contributed by atoms with van der Waals surface area (Å²) in [6.45, 7) is 13.4. The van der Waals surface area contributed by atoms with Gasteiger partial charge in [0.15, 0.2) is 0 Å². The summed E-state index contributed by atoms with van der Waals surface area (Å²) in [6, 6.07) is 3.33. The maximum atomic E-state index is 14.2. The minimum Gasteiger partial charge on any atom is -0.384 e. The Bertz CT molecular complexity index is 699. The highest BCUT2D eigenvalue weighted by Gasteiger charge is 2.30. The normalized spacial score (nSPS) is 15.7. The lowest BCUT2D eigenvalue weighted by Crippen LogP contribution is -2.25. The molecule has 0 bridgehead atoms. The first-order valence-electron chi connectivity index (χ1n) is 9.82. The van der Waals surface area contributed by atoms with Gasteiger partial charge in [0.05, 0.1) is 11.7 Å². The van der Waals surface area contributed by atoms with E-state index in [4.69, 9.17) is 0 Å². The van der Waals surface area contributed by atoms with E-state index < -0.39 is 11.3 Å². The van der Waals surface area contributed by atoms with Gasteiger partial charge in [-0.3, -0.25) is 9.98 Å². The van der Waals surface area contributed by atoms with Crippen LogP contribution in [-0.4, -0.2) is 27.5 Å². The first-order valence-corrected chi connectivity index (χ1v) is 10.4. The SMILES string of the molecule is CCC(CC(C)(C)CC)N=C(/C=C(\C)c1ccc(C(C)(C)O)nc1)C(F)(F)P. The van der Waals surface area contributed by atoms with E-state index in [2.05, 4.69) is 30.7 Å². The summed E-state index contributed by atoms with van der Waals surface area (Å²) < 4.78 is 28.5. The van der Waals surface area contributed by atoms with E-state index in [0.717, 1.165) is 18.4 Å². The van der Waals surface area contributed by atoms with Crippen molar-refractivity contribution in [2.75, 3.05) is 0 Å². The lowest BCUT2D eigenvalue weighted by molar-refractivity contribution is 0.0738. The van der Waals surface area contributed by atoms with Gasteiger partial charge in [0.2, 0.25) is 0 Å². The molecule has 0 fully saturated rings. The molecule has 0 aliphatic carbocycles. The molecule has 28 heavy (non-hydrogen) atoms. The molecule has 2 atom stereocenters. The van der Waals surface area contributed by atoms with E-state index in [-0.39, 0.29) is 17.2 Å². The van der Waals surface area contributed by atoms with Gasteiger partial charge in [-0.05, 0) is 62.3 Å². The van der Waals surface area contributed by atoms with Crippen LogP contribution in [-0.2, 0) is 5.60 Å². The zero-order chi connectivity index (χ0) is 21.8. The second kappa shape index (κ2) is 9.54. The lowest BCUT2D eigenvalue weighted by atomic mass is 9.83. The predicted molar refractivity (Wildman–Crippen MR) is 118 cm³/mol. The van der Waals surface area contributed by atoms with Crippen molar-refractivity contribution < 1.29 is 13.9 Å². The largest absolute Gasteiger partial charge is 0.384 e. The standard InChI is InChI=1S/C22H35F2N2OP/c1-8-17(13-20(4,5)9-2)26-19(22(23,24)28)12-15(3)16-10-11-18(25-14-16)21(6,7)27/h10-12,14,17,27H,8-9,13,28H2,1-7H3/b15-12+,26-19?. The Morgan fingerprint density at radius 2 is 1.86 bits per heavy atom. The molecular formula is C22H35F2N2OP. The van der Waals surface area contributed by atoms with E-state index in [1.165, 1.54) is 6.08 Å². The van der Waals surface area contributed by atoms with Crippen molar-refractivity contribution in [1.29, 1.82) is 0 Å². The van der Waals surface area contributed by atoms with Crippen LogP contribution in [0, 0.1) is 5.41 Å². The molecule has 0 saturated carbocycles. The number of aliphatic imine (C=N–C) groups is 1. The molecule has 0 aliphatic rings. The molecule has 1 aromatic heterocycles. The minimum absolute atomic E-state index is 0.0566. The third kappa shape index (κ3) is 7.67. The number of hydrogen-bond acceptors (Lipinski definition) is 3. The molecule has 1 aromatic rings. The van der Waals surface area contributed by atoms with Gasteiger partial charge in [-0.1, -0.05) is 49.4 Å². The fourth-order valence-electron chi connectivity index (χ4n) is 2.76. The number of allylic oxidation sites excluding steroid dienone is 2. The van der Waals surface area contributed by atoms with Gasteiger partial charge >= 0.3 is 0 Å². The highest BCUT2D eigenvalue weighted by atomic mass is 31.0. The van der Waals surface area contributed by atoms with Crippen molar-refractivity contribution in [3.8, 4) is 0 Å². The highest BCUT2D eigenvalue weighted by Crippen LogP contribution is 2.32. The van der Waals surface area contributed by atoms with Crippen LogP contribution in [0.4, 0.5) is 8.78 Å². The molecule has 2 unspecified atom stereocenters. The number of aliphatic hydroxyl groups is 1. The summed E-state index contributed by atoms with van der Waals surface area (Å²) in [4.78, 5) is 8.68. The molecule has 158 valence electrons. The van der Waals surface area contributed by atoms with Gasteiger partial charge in [0.25, 0.3) is 5.66 Å². The number of aromatic nitrogens is 1. The molecule has 0 aliphatic heterocycles. The average Bonchev–Trinajstić information content (AvgIpc) is 2.58. The van der Waals surface area contributed by atoms with E-state index >= 15 is 0 Å². The third-order valence-corrected chi connectivity index (χ3v) is 5.37. The van der Waals surface area contributed by atoms with Crippen molar-refractivity contribution in [3.63, 3.8) is 0 Å². The molecule has 0 aromatic carbocycles. The van der Waals surface area contributed by atoms with Crippen molar-refractivity contribution in [2.24, 2.45) is 10.4 Å². The van der Waals surface area contributed by atoms with Crippen LogP contribution < -0.4 is 0 Å². The fraction of sp³-hybridized carbons (Fsp3) is 0.636. The smallest absolute Gasteiger partial charge is 0.299 e. The molecule has 6 heteroatoms. The number of rotatable bonds is 9. The first-order chi connectivity index (χ1) is 12.7. The molecule has 1 heterocycles. The Kier molecular flexibility index (Phi) is 8.47. The molecular weight excluding hydrogens is 377 g/mol. The summed E-state index contributed by atoms with van der Waals surface area (Å²) in [5.41, 5.74) is -2.43. The molecule has 1 rings (SSSR count). The van der Waals surface area contributed by atoms with Gasteiger partial charge in [0, 0.05) is 6.20 Å². The lowest BCUT2D eigenvalue weighted by Gasteiger charge is -2.27. The minimum atomic E-state index is -3.11. The first kappa shape index (κ1) is 24.8. The van der Waals surface area contributed by atoms with Crippen LogP contribution in [0.15, 0.2) is 29.4 Å². The number of alkyl halides is 2. The fourth-order valence-corrected chi connectivity index (χ4v) is 2.92. The van der Waals surface area contributed by atoms with E-state index in [1.54, 1.807) is 48.3 Å². The third-order valence-electron chi connectivity index (χ3n) is 5.08. The highest BCUT2D eigenvalue weighted by molar-refractivity contribution is 7.20. The van der Waals surface area contributed by atoms with Crippen molar-refractivity contribution in [3.05, 3.63) is 35.7 Å². The summed E-state index contributed by atoms with van der Waals surface area (Å²) in [7, 11) is 1.60. The summed E-state index contributed by atoms with van der Waals surface area (Å²) in [5.74, 6) is 0. The Labute approximate surface area is 171 Å².